The molecule has 18 heavy (non-hydrogen) atoms. The van der Waals surface area contributed by atoms with Gasteiger partial charge in [-0.1, -0.05) is 12.1 Å². The highest BCUT2D eigenvalue weighted by Gasteiger charge is 2.20. The minimum absolute atomic E-state index is 0.377. The second kappa shape index (κ2) is 5.58. The molecule has 2 rings (SSSR count). The maximum atomic E-state index is 11.2. The minimum atomic E-state index is 0.377. The van der Waals surface area contributed by atoms with Gasteiger partial charge in [-0.05, 0) is 36.5 Å². The van der Waals surface area contributed by atoms with Crippen LogP contribution in [-0.4, -0.2) is 18.5 Å². The van der Waals surface area contributed by atoms with Crippen LogP contribution in [0.5, 0.6) is 0 Å². The summed E-state index contributed by atoms with van der Waals surface area (Å²) in [6.07, 6.45) is 5.50. The van der Waals surface area contributed by atoms with Crippen molar-refractivity contribution >= 4 is 24.1 Å². The molecular weight excluding hydrogens is 226 g/mol. The molecule has 1 aliphatic rings. The van der Waals surface area contributed by atoms with Crippen molar-refractivity contribution < 1.29 is 4.79 Å². The lowest BCUT2D eigenvalue weighted by Gasteiger charge is -2.22. The largest absolute Gasteiger partial charge is 0.300 e. The Kier molecular flexibility index (Phi) is 3.87. The summed E-state index contributed by atoms with van der Waals surface area (Å²) in [5.74, 6) is 0.854. The van der Waals surface area contributed by atoms with Gasteiger partial charge in [0.25, 0.3) is 0 Å². The third-order valence-corrected chi connectivity index (χ3v) is 3.48. The fourth-order valence-electron chi connectivity index (χ4n) is 2.38. The Hall–Kier alpha value is -1.97. The van der Waals surface area contributed by atoms with E-state index in [0.717, 1.165) is 31.2 Å². The molecule has 0 saturated heterocycles. The van der Waals surface area contributed by atoms with Crippen molar-refractivity contribution in [1.82, 2.24) is 0 Å². The molecule has 0 radical (unpaired) electrons. The molecule has 0 bridgehead atoms. The van der Waals surface area contributed by atoms with Crippen LogP contribution in [0.15, 0.2) is 24.3 Å². The van der Waals surface area contributed by atoms with Crippen molar-refractivity contribution in [2.24, 2.45) is 0 Å². The zero-order valence-corrected chi connectivity index (χ0v) is 10.2. The number of nitrogens with one attached hydrogen (secondary N) is 2. The van der Waals surface area contributed by atoms with Crippen LogP contribution < -0.4 is 4.90 Å². The maximum Gasteiger partial charge on any atom is 0.132 e. The van der Waals surface area contributed by atoms with E-state index in [-0.39, 0.29) is 0 Å². The molecule has 1 fully saturated rings. The molecule has 4 heteroatoms. The maximum absolute atomic E-state index is 11.2. The first kappa shape index (κ1) is 12.5. The van der Waals surface area contributed by atoms with E-state index >= 15 is 0 Å². The van der Waals surface area contributed by atoms with Crippen LogP contribution in [0.4, 0.5) is 5.69 Å². The molecule has 0 amide bonds. The van der Waals surface area contributed by atoms with Crippen molar-refractivity contribution in [3.63, 3.8) is 0 Å². The van der Waals surface area contributed by atoms with E-state index in [0.29, 0.717) is 24.5 Å². The molecule has 1 aliphatic carbocycles. The van der Waals surface area contributed by atoms with E-state index in [9.17, 15) is 4.79 Å². The van der Waals surface area contributed by atoms with E-state index in [1.165, 1.54) is 10.5 Å². The quantitative estimate of drug-likeness (QED) is 0.630. The van der Waals surface area contributed by atoms with E-state index in [4.69, 9.17) is 10.8 Å². The molecule has 4 nitrogen and oxygen atoms in total. The zero-order valence-electron chi connectivity index (χ0n) is 10.2. The molecule has 0 unspecified atom stereocenters. The van der Waals surface area contributed by atoms with Crippen LogP contribution >= 0.6 is 0 Å². The van der Waals surface area contributed by atoms with Gasteiger partial charge in [-0.3, -0.25) is 20.5 Å². The lowest BCUT2D eigenvalue weighted by atomic mass is 9.83. The number of rotatable bonds is 4. The molecule has 0 aliphatic heterocycles. The fourth-order valence-corrected chi connectivity index (χ4v) is 2.38. The second-order valence-electron chi connectivity index (χ2n) is 4.57. The number of carbonyl (C=O) groups is 1. The van der Waals surface area contributed by atoms with Gasteiger partial charge in [-0.15, -0.1) is 0 Å². The Balaban J connectivity index is 2.09. The number of nitrogens with zero attached hydrogens (tertiary/aromatic N) is 1. The summed E-state index contributed by atoms with van der Waals surface area (Å²) in [4.78, 5) is 12.6. The van der Waals surface area contributed by atoms with Crippen LogP contribution in [0.3, 0.4) is 0 Å². The molecule has 1 aromatic rings. The van der Waals surface area contributed by atoms with Gasteiger partial charge in [0, 0.05) is 18.5 Å². The predicted octanol–water partition coefficient (Wildman–Crippen LogP) is 2.93. The SMILES string of the molecule is N=CN(C=N)c1ccc(C2CCC(=O)CC2)cc1. The first-order valence-corrected chi connectivity index (χ1v) is 6.16. The van der Waals surface area contributed by atoms with Crippen molar-refractivity contribution in [2.45, 2.75) is 31.6 Å². The van der Waals surface area contributed by atoms with Gasteiger partial charge in [0.15, 0.2) is 0 Å². The first-order valence-electron chi connectivity index (χ1n) is 6.16. The second-order valence-corrected chi connectivity index (χ2v) is 4.57. The standard InChI is InChI=1S/C14H17N3O/c15-9-17(10-16)13-5-1-11(2-6-13)12-3-7-14(18)8-4-12/h1-2,5-6,9-10,12,15-16H,3-4,7-8H2. The normalized spacial score (nSPS) is 16.3. The van der Waals surface area contributed by atoms with Gasteiger partial charge in [0.2, 0.25) is 0 Å². The molecule has 2 N–H and O–H groups in total. The Morgan fingerprint density at radius 2 is 1.61 bits per heavy atom. The average Bonchev–Trinajstić information content (AvgIpc) is 2.42. The summed E-state index contributed by atoms with van der Waals surface area (Å²) in [6, 6.07) is 7.91. The average molecular weight is 243 g/mol. The van der Waals surface area contributed by atoms with Crippen LogP contribution in [0.1, 0.15) is 37.2 Å². The Labute approximate surface area is 107 Å². The van der Waals surface area contributed by atoms with Crippen LogP contribution in [0.2, 0.25) is 0 Å². The third-order valence-electron chi connectivity index (χ3n) is 3.48. The first-order chi connectivity index (χ1) is 8.74. The minimum Gasteiger partial charge on any atom is -0.300 e. The van der Waals surface area contributed by atoms with E-state index in [1.54, 1.807) is 0 Å². The molecular formula is C14H17N3O. The van der Waals surface area contributed by atoms with Crippen LogP contribution in [0, 0.1) is 10.8 Å². The summed E-state index contributed by atoms with van der Waals surface area (Å²) in [7, 11) is 0. The molecule has 0 spiro atoms. The van der Waals surface area contributed by atoms with E-state index < -0.39 is 0 Å². The van der Waals surface area contributed by atoms with Crippen molar-refractivity contribution in [3.8, 4) is 0 Å². The van der Waals surface area contributed by atoms with Gasteiger partial charge in [-0.2, -0.15) is 0 Å². The summed E-state index contributed by atoms with van der Waals surface area (Å²) < 4.78 is 0. The zero-order chi connectivity index (χ0) is 13.0. The number of hydrogen-bond donors (Lipinski definition) is 2. The summed E-state index contributed by atoms with van der Waals surface area (Å²) in [5, 5.41) is 14.4. The van der Waals surface area contributed by atoms with Gasteiger partial charge in [0.1, 0.15) is 5.78 Å². The molecule has 94 valence electrons. The predicted molar refractivity (Wildman–Crippen MR) is 72.7 cm³/mol. The number of carbonyl (C=O) groups excluding carboxylic acids is 1. The lowest BCUT2D eigenvalue weighted by molar-refractivity contribution is -0.120. The molecule has 1 aromatic carbocycles. The Morgan fingerprint density at radius 3 is 2.11 bits per heavy atom. The fraction of sp³-hybridized carbons (Fsp3) is 0.357. The molecule has 0 aromatic heterocycles. The highest BCUT2D eigenvalue weighted by Crippen LogP contribution is 2.31. The van der Waals surface area contributed by atoms with Crippen molar-refractivity contribution in [3.05, 3.63) is 29.8 Å². The topological polar surface area (TPSA) is 68.0 Å². The highest BCUT2D eigenvalue weighted by atomic mass is 16.1. The smallest absolute Gasteiger partial charge is 0.132 e. The summed E-state index contributed by atoms with van der Waals surface area (Å²) >= 11 is 0. The number of ketones is 1. The molecule has 0 heterocycles. The highest BCUT2D eigenvalue weighted by molar-refractivity contribution is 5.97. The monoisotopic (exact) mass is 243 g/mol. The van der Waals surface area contributed by atoms with Gasteiger partial charge in [0.05, 0.1) is 12.7 Å². The number of anilines is 1. The lowest BCUT2D eigenvalue weighted by Crippen LogP contribution is -2.17. The van der Waals surface area contributed by atoms with E-state index in [2.05, 4.69) is 0 Å². The van der Waals surface area contributed by atoms with Crippen molar-refractivity contribution in [2.75, 3.05) is 4.90 Å². The van der Waals surface area contributed by atoms with Crippen LogP contribution in [-0.2, 0) is 4.79 Å². The van der Waals surface area contributed by atoms with E-state index in [1.807, 2.05) is 24.3 Å². The number of benzene rings is 1. The Bertz CT molecular complexity index is 435. The van der Waals surface area contributed by atoms with Gasteiger partial charge >= 0.3 is 0 Å². The third kappa shape index (κ3) is 2.64. The number of hydrogen-bond acceptors (Lipinski definition) is 3. The van der Waals surface area contributed by atoms with Gasteiger partial charge in [-0.25, -0.2) is 0 Å². The molecule has 1 saturated carbocycles. The number of Topliss-reactive ketones (excluding diaryl/α,β-unsaturated/α-hetero) is 1. The van der Waals surface area contributed by atoms with Crippen LogP contribution in [0.25, 0.3) is 0 Å². The van der Waals surface area contributed by atoms with Crippen molar-refractivity contribution in [1.29, 1.82) is 10.8 Å². The summed E-state index contributed by atoms with van der Waals surface area (Å²) in [6.45, 7) is 0. The van der Waals surface area contributed by atoms with Gasteiger partial charge < -0.3 is 0 Å². The Morgan fingerprint density at radius 1 is 1.06 bits per heavy atom. The molecule has 0 atom stereocenters. The summed E-state index contributed by atoms with van der Waals surface area (Å²) in [5.41, 5.74) is 2.07.